The van der Waals surface area contributed by atoms with E-state index in [0.29, 0.717) is 30.9 Å². The van der Waals surface area contributed by atoms with Crippen LogP contribution in [0.3, 0.4) is 0 Å². The summed E-state index contributed by atoms with van der Waals surface area (Å²) in [6, 6.07) is 0.799. The van der Waals surface area contributed by atoms with Crippen LogP contribution in [0, 0.1) is 23.5 Å². The maximum Gasteiger partial charge on any atom is 0.421 e. The zero-order valence-corrected chi connectivity index (χ0v) is 19.6. The summed E-state index contributed by atoms with van der Waals surface area (Å²) in [5.41, 5.74) is -1.01. The molecule has 1 aliphatic heterocycles. The van der Waals surface area contributed by atoms with Crippen LogP contribution < -0.4 is 4.74 Å². The van der Waals surface area contributed by atoms with Crippen molar-refractivity contribution >= 4 is 6.08 Å². The zero-order valence-electron chi connectivity index (χ0n) is 19.6. The third kappa shape index (κ3) is 8.66. The lowest BCUT2D eigenvalue weighted by Gasteiger charge is -2.38. The van der Waals surface area contributed by atoms with Crippen LogP contribution in [-0.2, 0) is 9.47 Å². The molecule has 1 aromatic rings. The molecule has 0 aromatic heterocycles. The molecule has 35 heavy (non-hydrogen) atoms. The van der Waals surface area contributed by atoms with E-state index in [1.165, 1.54) is 25.7 Å². The average Bonchev–Trinajstić information content (AvgIpc) is 2.77. The highest BCUT2D eigenvalue weighted by Gasteiger charge is 2.36. The van der Waals surface area contributed by atoms with Crippen LogP contribution in [0.15, 0.2) is 18.2 Å². The minimum atomic E-state index is -4.78. The second kappa shape index (κ2) is 12.0. The Morgan fingerprint density at radius 1 is 0.971 bits per heavy atom. The van der Waals surface area contributed by atoms with Crippen LogP contribution in [0.5, 0.6) is 5.75 Å². The van der Waals surface area contributed by atoms with Gasteiger partial charge in [0.05, 0.1) is 18.8 Å². The highest BCUT2D eigenvalue weighted by atomic mass is 19.4. The number of rotatable bonds is 9. The van der Waals surface area contributed by atoms with E-state index < -0.39 is 47.9 Å². The lowest BCUT2D eigenvalue weighted by atomic mass is 9.76. The third-order valence-corrected chi connectivity index (χ3v) is 6.63. The fourth-order valence-electron chi connectivity index (χ4n) is 4.88. The summed E-state index contributed by atoms with van der Waals surface area (Å²) in [5.74, 6) is -2.53. The van der Waals surface area contributed by atoms with Crippen molar-refractivity contribution in [3.8, 4) is 5.75 Å². The maximum atomic E-state index is 14.2. The van der Waals surface area contributed by atoms with Gasteiger partial charge in [-0.3, -0.25) is 0 Å². The number of halogens is 7. The Hall–Kier alpha value is -1.81. The summed E-state index contributed by atoms with van der Waals surface area (Å²) < 4.78 is 109. The molecule has 0 spiro atoms. The Kier molecular flexibility index (Phi) is 9.48. The minimum Gasteiger partial charge on any atom is -0.431 e. The maximum absolute atomic E-state index is 14.2. The summed E-state index contributed by atoms with van der Waals surface area (Å²) >= 11 is 0. The van der Waals surface area contributed by atoms with Crippen LogP contribution in [-0.4, -0.2) is 37.7 Å². The number of allylic oxidation sites excluding steroid dienone is 1. The van der Waals surface area contributed by atoms with E-state index in [4.69, 9.17) is 9.47 Å². The molecular weight excluding hydrogens is 481 g/mol. The van der Waals surface area contributed by atoms with Gasteiger partial charge in [0.1, 0.15) is 17.4 Å². The summed E-state index contributed by atoms with van der Waals surface area (Å²) in [6.07, 6.45) is -0.977. The van der Waals surface area contributed by atoms with Crippen LogP contribution in [0.25, 0.3) is 6.08 Å². The predicted molar refractivity (Wildman–Crippen MR) is 116 cm³/mol. The molecule has 0 N–H and O–H groups in total. The Balaban J connectivity index is 1.45. The fraction of sp³-hybridized carbons (Fsp3) is 0.680. The van der Waals surface area contributed by atoms with E-state index in [1.54, 1.807) is 0 Å². The predicted octanol–water partition coefficient (Wildman–Crippen LogP) is 7.68. The van der Waals surface area contributed by atoms with Gasteiger partial charge in [0.25, 0.3) is 0 Å². The smallest absolute Gasteiger partial charge is 0.421 e. The molecule has 3 nitrogen and oxygen atoms in total. The van der Waals surface area contributed by atoms with Gasteiger partial charge < -0.3 is 14.2 Å². The van der Waals surface area contributed by atoms with Gasteiger partial charge in [-0.05, 0) is 43.6 Å². The number of hydrogen-bond acceptors (Lipinski definition) is 3. The first-order valence-electron chi connectivity index (χ1n) is 12.0. The second-order valence-electron chi connectivity index (χ2n) is 9.37. The van der Waals surface area contributed by atoms with Crippen molar-refractivity contribution in [3.05, 3.63) is 35.4 Å². The summed E-state index contributed by atoms with van der Waals surface area (Å²) in [5, 5.41) is 0. The third-order valence-electron chi connectivity index (χ3n) is 6.63. The van der Waals surface area contributed by atoms with Gasteiger partial charge in [0.15, 0.2) is 6.61 Å². The van der Waals surface area contributed by atoms with Crippen molar-refractivity contribution in [2.75, 3.05) is 13.2 Å². The van der Waals surface area contributed by atoms with Crippen LogP contribution in [0.2, 0.25) is 0 Å². The van der Waals surface area contributed by atoms with Crippen LogP contribution in [0.4, 0.5) is 30.7 Å². The number of ether oxygens (including phenoxy) is 3. The van der Waals surface area contributed by atoms with Gasteiger partial charge in [0.2, 0.25) is 0 Å². The fourth-order valence-corrected chi connectivity index (χ4v) is 4.88. The Bertz CT molecular complexity index is 817. The highest BCUT2D eigenvalue weighted by Crippen LogP contribution is 2.37. The monoisotopic (exact) mass is 512 g/mol. The molecule has 0 bridgehead atoms. The molecular formula is C25H31F7O3. The standard InChI is InChI=1S/C25H31F7O3/c1-2-3-16-4-6-17(7-5-16)23-9-8-18(14-33-23)34-15-25(31,32)35-19-12-21(26)20(22(27)13-19)10-11-24(28,29)30/h10-13,16-18,23H,2-9,14-15H2,1H3. The molecule has 198 valence electrons. The number of alkyl halides is 5. The largest absolute Gasteiger partial charge is 0.431 e. The van der Waals surface area contributed by atoms with Gasteiger partial charge in [0, 0.05) is 23.8 Å². The molecule has 2 aliphatic rings. The van der Waals surface area contributed by atoms with Crippen molar-refractivity contribution in [2.45, 2.75) is 82.8 Å². The van der Waals surface area contributed by atoms with Crippen LogP contribution in [0.1, 0.15) is 63.9 Å². The van der Waals surface area contributed by atoms with Crippen molar-refractivity contribution in [3.63, 3.8) is 0 Å². The van der Waals surface area contributed by atoms with Crippen molar-refractivity contribution in [1.82, 2.24) is 0 Å². The molecule has 2 atom stereocenters. The van der Waals surface area contributed by atoms with E-state index in [2.05, 4.69) is 11.7 Å². The molecule has 2 unspecified atom stereocenters. The van der Waals surface area contributed by atoms with Gasteiger partial charge in [-0.2, -0.15) is 22.0 Å². The van der Waals surface area contributed by atoms with Gasteiger partial charge >= 0.3 is 12.3 Å². The highest BCUT2D eigenvalue weighted by molar-refractivity contribution is 5.53. The first kappa shape index (κ1) is 27.8. The second-order valence-corrected chi connectivity index (χ2v) is 9.37. The molecule has 2 fully saturated rings. The zero-order chi connectivity index (χ0) is 25.6. The molecule has 1 aromatic carbocycles. The normalized spacial score (nSPS) is 26.3. The molecule has 1 saturated carbocycles. The molecule has 1 saturated heterocycles. The summed E-state index contributed by atoms with van der Waals surface area (Å²) in [4.78, 5) is 0. The topological polar surface area (TPSA) is 27.7 Å². The van der Waals surface area contributed by atoms with Crippen molar-refractivity contribution in [2.24, 2.45) is 11.8 Å². The van der Waals surface area contributed by atoms with Crippen LogP contribution >= 0.6 is 0 Å². The number of benzene rings is 1. The Labute approximate surface area is 200 Å². The minimum absolute atomic E-state index is 0.102. The first-order valence-corrected chi connectivity index (χ1v) is 12.0. The van der Waals surface area contributed by atoms with Gasteiger partial charge in [-0.25, -0.2) is 8.78 Å². The molecule has 0 amide bonds. The first-order chi connectivity index (χ1) is 16.5. The van der Waals surface area contributed by atoms with Gasteiger partial charge in [-0.15, -0.1) is 0 Å². The lowest BCUT2D eigenvalue weighted by Crippen LogP contribution is -2.40. The molecule has 10 heteroatoms. The van der Waals surface area contributed by atoms with E-state index >= 15 is 0 Å². The Morgan fingerprint density at radius 2 is 1.63 bits per heavy atom. The summed E-state index contributed by atoms with van der Waals surface area (Å²) in [7, 11) is 0. The number of hydrogen-bond donors (Lipinski definition) is 0. The van der Waals surface area contributed by atoms with Crippen molar-refractivity contribution in [1.29, 1.82) is 0 Å². The average molecular weight is 513 g/mol. The molecule has 1 heterocycles. The molecule has 1 aliphatic carbocycles. The summed E-state index contributed by atoms with van der Waals surface area (Å²) in [6.45, 7) is 1.21. The molecule has 3 rings (SSSR count). The lowest BCUT2D eigenvalue weighted by molar-refractivity contribution is -0.230. The van der Waals surface area contributed by atoms with E-state index in [1.807, 2.05) is 0 Å². The van der Waals surface area contributed by atoms with E-state index in [-0.39, 0.29) is 24.9 Å². The van der Waals surface area contributed by atoms with Crippen molar-refractivity contribution < 1.29 is 44.9 Å². The van der Waals surface area contributed by atoms with Gasteiger partial charge in [-0.1, -0.05) is 32.6 Å². The Morgan fingerprint density at radius 3 is 2.17 bits per heavy atom. The van der Waals surface area contributed by atoms with E-state index in [0.717, 1.165) is 18.8 Å². The van der Waals surface area contributed by atoms with E-state index in [9.17, 15) is 30.7 Å². The molecule has 0 radical (unpaired) electrons. The quantitative estimate of drug-likeness (QED) is 0.318. The SMILES string of the molecule is CCCC1CCC(C2CCC(OCC(F)(F)Oc3cc(F)c(C=CC(F)(F)F)c(F)c3)CO2)CC1.